The summed E-state index contributed by atoms with van der Waals surface area (Å²) < 4.78 is 0. The van der Waals surface area contributed by atoms with E-state index in [4.69, 9.17) is 18.0 Å². The minimum atomic E-state index is -0.789. The zero-order valence-electron chi connectivity index (χ0n) is 10.1. The number of aliphatic hydroxyl groups is 1. The molecule has 1 aliphatic heterocycles. The highest BCUT2D eigenvalue weighted by atomic mass is 32.1. The first-order valence-electron chi connectivity index (χ1n) is 5.54. The van der Waals surface area contributed by atoms with Crippen LogP contribution in [0.1, 0.15) is 27.2 Å². The number of nitrogens with two attached hydrogens (primary N) is 1. The van der Waals surface area contributed by atoms with E-state index >= 15 is 0 Å². The predicted molar refractivity (Wildman–Crippen MR) is 66.9 cm³/mol. The second-order valence-corrected chi connectivity index (χ2v) is 5.47. The average Bonchev–Trinajstić information content (AvgIpc) is 2.64. The van der Waals surface area contributed by atoms with Gasteiger partial charge in [0.1, 0.15) is 0 Å². The van der Waals surface area contributed by atoms with E-state index in [9.17, 15) is 9.90 Å². The number of nitrogens with zero attached hydrogens (tertiary/aromatic N) is 1. The van der Waals surface area contributed by atoms with Crippen molar-refractivity contribution in [3.05, 3.63) is 0 Å². The van der Waals surface area contributed by atoms with Crippen LogP contribution in [0.4, 0.5) is 0 Å². The predicted octanol–water partition coefficient (Wildman–Crippen LogP) is 0.528. The van der Waals surface area contributed by atoms with Crippen molar-refractivity contribution in [1.82, 2.24) is 4.90 Å². The Kier molecular flexibility index (Phi) is 3.91. The molecule has 4 nitrogen and oxygen atoms in total. The minimum Gasteiger partial charge on any atom is -0.393 e. The highest BCUT2D eigenvalue weighted by molar-refractivity contribution is 7.80. The largest absolute Gasteiger partial charge is 0.393 e. The van der Waals surface area contributed by atoms with Gasteiger partial charge in [0, 0.05) is 19.0 Å². The molecular formula is C11H20N2O2S. The average molecular weight is 244 g/mol. The van der Waals surface area contributed by atoms with Gasteiger partial charge in [0.05, 0.1) is 16.5 Å². The Labute approximate surface area is 102 Å². The van der Waals surface area contributed by atoms with Crippen molar-refractivity contribution in [3.8, 4) is 0 Å². The van der Waals surface area contributed by atoms with Crippen molar-refractivity contribution in [2.45, 2.75) is 33.3 Å². The minimum absolute atomic E-state index is 0.0387. The number of thiocarbonyl (C=S) groups is 1. The molecule has 1 amide bonds. The van der Waals surface area contributed by atoms with Crippen molar-refractivity contribution in [2.24, 2.45) is 17.1 Å². The second-order valence-electron chi connectivity index (χ2n) is 5.03. The van der Waals surface area contributed by atoms with Crippen molar-refractivity contribution in [3.63, 3.8) is 0 Å². The van der Waals surface area contributed by atoms with Crippen LogP contribution in [-0.4, -0.2) is 40.1 Å². The van der Waals surface area contributed by atoms with E-state index in [1.807, 2.05) is 0 Å². The summed E-state index contributed by atoms with van der Waals surface area (Å²) in [6.45, 7) is 6.53. The van der Waals surface area contributed by atoms with E-state index in [2.05, 4.69) is 0 Å². The van der Waals surface area contributed by atoms with Gasteiger partial charge in [-0.3, -0.25) is 4.79 Å². The topological polar surface area (TPSA) is 66.6 Å². The van der Waals surface area contributed by atoms with E-state index in [0.717, 1.165) is 6.42 Å². The summed E-state index contributed by atoms with van der Waals surface area (Å²) in [7, 11) is 0. The van der Waals surface area contributed by atoms with Crippen LogP contribution >= 0.6 is 12.2 Å². The van der Waals surface area contributed by atoms with E-state index < -0.39 is 5.41 Å². The fourth-order valence-corrected chi connectivity index (χ4v) is 1.95. The molecule has 1 heterocycles. The lowest BCUT2D eigenvalue weighted by molar-refractivity contribution is -0.136. The fraction of sp³-hybridized carbons (Fsp3) is 0.818. The first kappa shape index (κ1) is 13.4. The van der Waals surface area contributed by atoms with Crippen LogP contribution in [0.15, 0.2) is 0 Å². The van der Waals surface area contributed by atoms with Gasteiger partial charge < -0.3 is 15.7 Å². The molecule has 0 saturated carbocycles. The van der Waals surface area contributed by atoms with E-state index in [0.29, 0.717) is 13.1 Å². The third-order valence-corrected chi connectivity index (χ3v) is 3.86. The molecule has 0 spiro atoms. The van der Waals surface area contributed by atoms with Gasteiger partial charge in [-0.25, -0.2) is 0 Å². The molecule has 1 saturated heterocycles. The SMILES string of the molecule is CC(O)C1CCN(C(=O)C(C)(C)C(N)=S)C1. The summed E-state index contributed by atoms with van der Waals surface area (Å²) >= 11 is 4.91. The lowest BCUT2D eigenvalue weighted by atomic mass is 9.91. The van der Waals surface area contributed by atoms with Gasteiger partial charge in [-0.15, -0.1) is 0 Å². The lowest BCUT2D eigenvalue weighted by Crippen LogP contribution is -2.46. The second kappa shape index (κ2) is 4.67. The smallest absolute Gasteiger partial charge is 0.235 e. The van der Waals surface area contributed by atoms with Crippen molar-refractivity contribution in [1.29, 1.82) is 0 Å². The zero-order chi connectivity index (χ0) is 12.5. The molecule has 0 bridgehead atoms. The van der Waals surface area contributed by atoms with Crippen molar-refractivity contribution >= 4 is 23.1 Å². The van der Waals surface area contributed by atoms with Gasteiger partial charge in [-0.1, -0.05) is 12.2 Å². The first-order chi connectivity index (χ1) is 7.26. The molecule has 1 aliphatic rings. The first-order valence-corrected chi connectivity index (χ1v) is 5.95. The number of likely N-dealkylation sites (tertiary alicyclic amines) is 1. The summed E-state index contributed by atoms with van der Waals surface area (Å²) in [5, 5.41) is 9.48. The Bertz CT molecular complexity index is 302. The van der Waals surface area contributed by atoms with E-state index in [-0.39, 0.29) is 22.9 Å². The van der Waals surface area contributed by atoms with Gasteiger partial charge in [0.25, 0.3) is 0 Å². The molecular weight excluding hydrogens is 224 g/mol. The van der Waals surface area contributed by atoms with Crippen LogP contribution in [0.2, 0.25) is 0 Å². The maximum absolute atomic E-state index is 12.2. The normalized spacial score (nSPS) is 23.2. The van der Waals surface area contributed by atoms with Gasteiger partial charge in [-0.05, 0) is 27.2 Å². The summed E-state index contributed by atoms with van der Waals surface area (Å²) in [5.74, 6) is 0.134. The highest BCUT2D eigenvalue weighted by Crippen LogP contribution is 2.26. The number of hydrogen-bond acceptors (Lipinski definition) is 3. The number of carbonyl (C=O) groups is 1. The van der Waals surface area contributed by atoms with E-state index in [1.54, 1.807) is 25.7 Å². The van der Waals surface area contributed by atoms with Crippen LogP contribution in [0.25, 0.3) is 0 Å². The standard InChI is InChI=1S/C11H20N2O2S/c1-7(14)8-4-5-13(6-8)10(15)11(2,3)9(12)16/h7-8,14H,4-6H2,1-3H3,(H2,12,16). The Morgan fingerprint density at radius 2 is 2.19 bits per heavy atom. The maximum Gasteiger partial charge on any atom is 0.235 e. The Hall–Kier alpha value is -0.680. The number of hydrogen-bond donors (Lipinski definition) is 2. The molecule has 0 radical (unpaired) electrons. The Balaban J connectivity index is 2.68. The van der Waals surface area contributed by atoms with Gasteiger partial charge in [0.15, 0.2) is 0 Å². The van der Waals surface area contributed by atoms with Crippen LogP contribution in [0, 0.1) is 11.3 Å². The molecule has 1 rings (SSSR count). The summed E-state index contributed by atoms with van der Waals surface area (Å²) in [6, 6.07) is 0. The molecule has 92 valence electrons. The molecule has 1 fully saturated rings. The van der Waals surface area contributed by atoms with Gasteiger partial charge in [0.2, 0.25) is 5.91 Å². The number of aliphatic hydroxyl groups excluding tert-OH is 1. The maximum atomic E-state index is 12.2. The number of rotatable bonds is 3. The number of amides is 1. The van der Waals surface area contributed by atoms with Crippen molar-refractivity contribution in [2.75, 3.05) is 13.1 Å². The molecule has 2 unspecified atom stereocenters. The lowest BCUT2D eigenvalue weighted by Gasteiger charge is -2.28. The Morgan fingerprint density at radius 1 is 1.62 bits per heavy atom. The Morgan fingerprint density at radius 3 is 2.56 bits per heavy atom. The molecule has 0 aromatic carbocycles. The monoisotopic (exact) mass is 244 g/mol. The molecule has 2 atom stereocenters. The van der Waals surface area contributed by atoms with E-state index in [1.165, 1.54) is 0 Å². The summed E-state index contributed by atoms with van der Waals surface area (Å²) in [5.41, 5.74) is 4.78. The fourth-order valence-electron chi connectivity index (χ4n) is 1.87. The van der Waals surface area contributed by atoms with Crippen LogP contribution in [-0.2, 0) is 4.79 Å². The third-order valence-electron chi connectivity index (χ3n) is 3.34. The van der Waals surface area contributed by atoms with Gasteiger partial charge in [-0.2, -0.15) is 0 Å². The third kappa shape index (κ3) is 2.52. The molecule has 0 aromatic rings. The highest BCUT2D eigenvalue weighted by Gasteiger charge is 2.38. The molecule has 0 aliphatic carbocycles. The zero-order valence-corrected chi connectivity index (χ0v) is 10.9. The van der Waals surface area contributed by atoms with Crippen LogP contribution in [0.5, 0.6) is 0 Å². The molecule has 16 heavy (non-hydrogen) atoms. The summed E-state index contributed by atoms with van der Waals surface area (Å²) in [6.07, 6.45) is 0.474. The van der Waals surface area contributed by atoms with Gasteiger partial charge >= 0.3 is 0 Å². The number of carbonyl (C=O) groups excluding carboxylic acids is 1. The quantitative estimate of drug-likeness (QED) is 0.711. The van der Waals surface area contributed by atoms with Crippen LogP contribution in [0.3, 0.4) is 0 Å². The van der Waals surface area contributed by atoms with Crippen molar-refractivity contribution < 1.29 is 9.90 Å². The van der Waals surface area contributed by atoms with Crippen LogP contribution < -0.4 is 5.73 Å². The molecule has 5 heteroatoms. The molecule has 3 N–H and O–H groups in total. The summed E-state index contributed by atoms with van der Waals surface area (Å²) in [4.78, 5) is 14.1. The molecule has 0 aromatic heterocycles.